The second-order valence-corrected chi connectivity index (χ2v) is 8.27. The summed E-state index contributed by atoms with van der Waals surface area (Å²) in [6.45, 7) is 3.35. The number of sulfonamides is 1. The molecule has 8 nitrogen and oxygen atoms in total. The minimum absolute atomic E-state index is 0.201. The lowest BCUT2D eigenvalue weighted by Crippen LogP contribution is -2.50. The number of carbonyl (C=O) groups is 2. The molecule has 0 unspecified atom stereocenters. The van der Waals surface area contributed by atoms with E-state index in [1.807, 2.05) is 6.07 Å². The molecule has 0 spiro atoms. The van der Waals surface area contributed by atoms with Gasteiger partial charge in [-0.1, -0.05) is 44.2 Å². The Hall–Kier alpha value is -2.91. The van der Waals surface area contributed by atoms with E-state index in [2.05, 4.69) is 15.4 Å². The summed E-state index contributed by atoms with van der Waals surface area (Å²) in [6, 6.07) is 11.3. The normalized spacial score (nSPS) is 12.8. The predicted octanol–water partition coefficient (Wildman–Crippen LogP) is 1.63. The first-order valence-electron chi connectivity index (χ1n) is 9.09. The number of nitrogens with one attached hydrogen (secondary N) is 3. The van der Waals surface area contributed by atoms with E-state index in [1.165, 1.54) is 12.3 Å². The molecule has 0 aliphatic carbocycles. The van der Waals surface area contributed by atoms with Gasteiger partial charge in [-0.25, -0.2) is 8.42 Å². The first-order chi connectivity index (χ1) is 13.8. The monoisotopic (exact) mass is 419 g/mol. The van der Waals surface area contributed by atoms with Gasteiger partial charge in [-0.2, -0.15) is 4.72 Å². The second kappa shape index (κ2) is 10.6. The molecule has 1 heterocycles. The lowest BCUT2D eigenvalue weighted by atomic mass is 10.1. The molecule has 0 bridgehead atoms. The van der Waals surface area contributed by atoms with Crippen molar-refractivity contribution in [1.29, 1.82) is 0 Å². The van der Waals surface area contributed by atoms with Gasteiger partial charge >= 0.3 is 0 Å². The molecule has 29 heavy (non-hydrogen) atoms. The van der Waals surface area contributed by atoms with Crippen molar-refractivity contribution in [1.82, 2.24) is 15.4 Å². The SMILES string of the molecule is CC(C)[C@H](NS(=O)(=O)/C=C/c1ccccc1)C(=O)NCC(=O)NCc1ccco1. The number of carbonyl (C=O) groups excluding carboxylic acids is 2. The van der Waals surface area contributed by atoms with Crippen molar-refractivity contribution in [2.24, 2.45) is 5.92 Å². The van der Waals surface area contributed by atoms with Crippen LogP contribution >= 0.6 is 0 Å². The summed E-state index contributed by atoms with van der Waals surface area (Å²) in [6.07, 6.45) is 2.94. The van der Waals surface area contributed by atoms with Gasteiger partial charge in [-0.3, -0.25) is 9.59 Å². The van der Waals surface area contributed by atoms with Gasteiger partial charge in [0.1, 0.15) is 11.8 Å². The third-order valence-corrected chi connectivity index (χ3v) is 5.02. The van der Waals surface area contributed by atoms with Crippen LogP contribution in [0, 0.1) is 5.92 Å². The summed E-state index contributed by atoms with van der Waals surface area (Å²) >= 11 is 0. The lowest BCUT2D eigenvalue weighted by molar-refractivity contribution is -0.127. The Labute approximate surface area is 170 Å². The van der Waals surface area contributed by atoms with E-state index in [4.69, 9.17) is 4.42 Å². The van der Waals surface area contributed by atoms with Crippen molar-refractivity contribution >= 4 is 27.9 Å². The Morgan fingerprint density at radius 3 is 2.41 bits per heavy atom. The maximum Gasteiger partial charge on any atom is 0.239 e. The first-order valence-corrected chi connectivity index (χ1v) is 10.6. The van der Waals surface area contributed by atoms with Crippen LogP contribution in [0.3, 0.4) is 0 Å². The quantitative estimate of drug-likeness (QED) is 0.541. The van der Waals surface area contributed by atoms with Crippen molar-refractivity contribution < 1.29 is 22.4 Å². The highest BCUT2D eigenvalue weighted by atomic mass is 32.2. The van der Waals surface area contributed by atoms with E-state index in [1.54, 1.807) is 50.2 Å². The van der Waals surface area contributed by atoms with Crippen LogP contribution in [0.5, 0.6) is 0 Å². The van der Waals surface area contributed by atoms with Gasteiger partial charge in [-0.15, -0.1) is 0 Å². The van der Waals surface area contributed by atoms with Crippen molar-refractivity contribution in [3.8, 4) is 0 Å². The highest BCUT2D eigenvalue weighted by Gasteiger charge is 2.26. The molecule has 2 amide bonds. The van der Waals surface area contributed by atoms with E-state index < -0.39 is 27.9 Å². The zero-order valence-electron chi connectivity index (χ0n) is 16.3. The largest absolute Gasteiger partial charge is 0.467 e. The minimum atomic E-state index is -3.85. The summed E-state index contributed by atoms with van der Waals surface area (Å²) in [5, 5.41) is 6.07. The predicted molar refractivity (Wildman–Crippen MR) is 110 cm³/mol. The Morgan fingerprint density at radius 2 is 1.79 bits per heavy atom. The number of rotatable bonds is 10. The average Bonchev–Trinajstić information content (AvgIpc) is 3.21. The Bertz CT molecular complexity index is 922. The van der Waals surface area contributed by atoms with Crippen LogP contribution in [0.2, 0.25) is 0 Å². The third kappa shape index (κ3) is 7.92. The number of hydrogen-bond acceptors (Lipinski definition) is 5. The summed E-state index contributed by atoms with van der Waals surface area (Å²) in [5.74, 6) is -0.724. The minimum Gasteiger partial charge on any atom is -0.467 e. The molecule has 0 aliphatic heterocycles. The fourth-order valence-corrected chi connectivity index (χ4v) is 3.53. The number of furan rings is 1. The molecule has 0 saturated heterocycles. The zero-order chi connectivity index (χ0) is 21.3. The smallest absolute Gasteiger partial charge is 0.239 e. The lowest BCUT2D eigenvalue weighted by Gasteiger charge is -2.20. The van der Waals surface area contributed by atoms with E-state index >= 15 is 0 Å². The van der Waals surface area contributed by atoms with Crippen LogP contribution in [-0.2, 0) is 26.2 Å². The Kier molecular flexibility index (Phi) is 8.17. The topological polar surface area (TPSA) is 118 Å². The van der Waals surface area contributed by atoms with Crippen molar-refractivity contribution in [2.45, 2.75) is 26.4 Å². The van der Waals surface area contributed by atoms with Gasteiger partial charge in [0, 0.05) is 5.41 Å². The van der Waals surface area contributed by atoms with Gasteiger partial charge in [0.2, 0.25) is 21.8 Å². The van der Waals surface area contributed by atoms with Crippen LogP contribution in [0.25, 0.3) is 6.08 Å². The molecule has 0 fully saturated rings. The maximum absolute atomic E-state index is 12.4. The molecular weight excluding hydrogens is 394 g/mol. The summed E-state index contributed by atoms with van der Waals surface area (Å²) in [7, 11) is -3.85. The van der Waals surface area contributed by atoms with Gasteiger partial charge in [0.25, 0.3) is 0 Å². The van der Waals surface area contributed by atoms with E-state index in [-0.39, 0.29) is 19.0 Å². The molecule has 9 heteroatoms. The maximum atomic E-state index is 12.4. The standard InChI is InChI=1S/C20H25N3O5S/c1-15(2)19(23-29(26,27)12-10-16-7-4-3-5-8-16)20(25)22-14-18(24)21-13-17-9-6-11-28-17/h3-12,15,19,23H,13-14H2,1-2H3,(H,21,24)(H,22,25)/b12-10+/t19-/m0/s1. The molecule has 2 rings (SSSR count). The molecule has 1 atom stereocenters. The first kappa shape index (κ1) is 22.4. The van der Waals surface area contributed by atoms with Crippen molar-refractivity contribution in [3.63, 3.8) is 0 Å². The summed E-state index contributed by atoms with van der Waals surface area (Å²) in [5.41, 5.74) is 0.719. The van der Waals surface area contributed by atoms with E-state index in [0.29, 0.717) is 5.76 Å². The van der Waals surface area contributed by atoms with Crippen LogP contribution < -0.4 is 15.4 Å². The number of hydrogen-bond donors (Lipinski definition) is 3. The number of benzene rings is 1. The molecule has 0 radical (unpaired) electrons. The molecule has 1 aromatic heterocycles. The number of amides is 2. The average molecular weight is 420 g/mol. The molecule has 0 saturated carbocycles. The Morgan fingerprint density at radius 1 is 1.07 bits per heavy atom. The van der Waals surface area contributed by atoms with Gasteiger partial charge in [0.05, 0.1) is 19.4 Å². The van der Waals surface area contributed by atoms with Crippen LogP contribution in [0.1, 0.15) is 25.2 Å². The van der Waals surface area contributed by atoms with Gasteiger partial charge in [-0.05, 0) is 29.7 Å². The van der Waals surface area contributed by atoms with Gasteiger partial charge < -0.3 is 15.1 Å². The summed E-state index contributed by atoms with van der Waals surface area (Å²) in [4.78, 5) is 24.3. The molecular formula is C20H25N3O5S. The third-order valence-electron chi connectivity index (χ3n) is 3.94. The fourth-order valence-electron chi connectivity index (χ4n) is 2.38. The molecule has 3 N–H and O–H groups in total. The van der Waals surface area contributed by atoms with E-state index in [9.17, 15) is 18.0 Å². The highest BCUT2D eigenvalue weighted by molar-refractivity contribution is 7.92. The van der Waals surface area contributed by atoms with E-state index in [0.717, 1.165) is 11.0 Å². The second-order valence-electron chi connectivity index (χ2n) is 6.67. The zero-order valence-corrected chi connectivity index (χ0v) is 17.1. The Balaban J connectivity index is 1.89. The van der Waals surface area contributed by atoms with Gasteiger partial charge in [0.15, 0.2) is 0 Å². The van der Waals surface area contributed by atoms with Crippen LogP contribution in [-0.4, -0.2) is 32.8 Å². The van der Waals surface area contributed by atoms with Crippen molar-refractivity contribution in [3.05, 3.63) is 65.5 Å². The molecule has 1 aromatic carbocycles. The summed E-state index contributed by atoms with van der Waals surface area (Å²) < 4.78 is 32.1. The molecule has 0 aliphatic rings. The molecule has 2 aromatic rings. The van der Waals surface area contributed by atoms with Crippen LogP contribution in [0.4, 0.5) is 0 Å². The molecule has 156 valence electrons. The fraction of sp³-hybridized carbons (Fsp3) is 0.300. The van der Waals surface area contributed by atoms with Crippen molar-refractivity contribution in [2.75, 3.05) is 6.54 Å². The van der Waals surface area contributed by atoms with Crippen LogP contribution in [0.15, 0.2) is 58.6 Å². The highest BCUT2D eigenvalue weighted by Crippen LogP contribution is 2.07.